The SMILES string of the molecule is CC(CN)N(C)C(=O)c1cnsn1. The molecule has 0 saturated heterocycles. The Labute approximate surface area is 80.9 Å². The van der Waals surface area contributed by atoms with E-state index in [0.29, 0.717) is 12.2 Å². The average molecular weight is 200 g/mol. The summed E-state index contributed by atoms with van der Waals surface area (Å²) in [6.45, 7) is 2.33. The van der Waals surface area contributed by atoms with Gasteiger partial charge in [-0.25, -0.2) is 0 Å². The molecule has 1 unspecified atom stereocenters. The third kappa shape index (κ3) is 2.22. The summed E-state index contributed by atoms with van der Waals surface area (Å²) >= 11 is 1.03. The molecule has 1 atom stereocenters. The average Bonchev–Trinajstić information content (AvgIpc) is 2.67. The fraction of sp³-hybridized carbons (Fsp3) is 0.571. The van der Waals surface area contributed by atoms with Crippen molar-refractivity contribution in [2.45, 2.75) is 13.0 Å². The van der Waals surface area contributed by atoms with Gasteiger partial charge in [0.25, 0.3) is 5.91 Å². The largest absolute Gasteiger partial charge is 0.336 e. The van der Waals surface area contributed by atoms with E-state index in [-0.39, 0.29) is 11.9 Å². The minimum absolute atomic E-state index is 0.0224. The van der Waals surface area contributed by atoms with E-state index < -0.39 is 0 Å². The van der Waals surface area contributed by atoms with Crippen molar-refractivity contribution in [3.8, 4) is 0 Å². The standard InChI is InChI=1S/C7H12N4OS/c1-5(3-8)11(2)7(12)6-4-9-13-10-6/h4-5H,3,8H2,1-2H3. The fourth-order valence-electron chi connectivity index (χ4n) is 0.798. The maximum Gasteiger partial charge on any atom is 0.275 e. The number of amides is 1. The lowest BCUT2D eigenvalue weighted by molar-refractivity contribution is 0.0743. The minimum Gasteiger partial charge on any atom is -0.336 e. The van der Waals surface area contributed by atoms with Crippen LogP contribution >= 0.6 is 11.7 Å². The molecule has 0 aliphatic carbocycles. The lowest BCUT2D eigenvalue weighted by Gasteiger charge is -2.22. The van der Waals surface area contributed by atoms with E-state index in [2.05, 4.69) is 8.75 Å². The molecule has 0 aliphatic heterocycles. The van der Waals surface area contributed by atoms with Crippen molar-refractivity contribution >= 4 is 17.6 Å². The number of likely N-dealkylation sites (N-methyl/N-ethyl adjacent to an activating group) is 1. The highest BCUT2D eigenvalue weighted by Gasteiger charge is 2.17. The van der Waals surface area contributed by atoms with Gasteiger partial charge in [0.1, 0.15) is 0 Å². The first-order valence-corrected chi connectivity index (χ1v) is 4.64. The summed E-state index contributed by atoms with van der Waals surface area (Å²) in [5.41, 5.74) is 5.82. The Hall–Kier alpha value is -1.01. The molecule has 0 radical (unpaired) electrons. The van der Waals surface area contributed by atoms with Crippen molar-refractivity contribution in [1.82, 2.24) is 13.6 Å². The molecule has 1 heterocycles. The van der Waals surface area contributed by atoms with Gasteiger partial charge in [0.05, 0.1) is 17.9 Å². The van der Waals surface area contributed by atoms with Gasteiger partial charge in [0, 0.05) is 19.6 Å². The van der Waals surface area contributed by atoms with Crippen LogP contribution in [-0.2, 0) is 0 Å². The third-order valence-corrected chi connectivity index (χ3v) is 2.38. The molecular formula is C7H12N4OS. The Kier molecular flexibility index (Phi) is 3.32. The van der Waals surface area contributed by atoms with Crippen LogP contribution in [0.1, 0.15) is 17.4 Å². The van der Waals surface area contributed by atoms with Crippen LogP contribution in [0.15, 0.2) is 6.20 Å². The van der Waals surface area contributed by atoms with Gasteiger partial charge in [0.2, 0.25) is 0 Å². The Bertz CT molecular complexity index is 274. The van der Waals surface area contributed by atoms with Gasteiger partial charge < -0.3 is 10.6 Å². The van der Waals surface area contributed by atoms with Gasteiger partial charge in [-0.1, -0.05) is 0 Å². The van der Waals surface area contributed by atoms with Gasteiger partial charge in [-0.05, 0) is 6.92 Å². The molecule has 0 bridgehead atoms. The molecule has 1 amide bonds. The van der Waals surface area contributed by atoms with Crippen molar-refractivity contribution in [2.75, 3.05) is 13.6 Å². The van der Waals surface area contributed by atoms with E-state index in [4.69, 9.17) is 5.73 Å². The Balaban J connectivity index is 2.68. The normalized spacial score (nSPS) is 12.5. The monoisotopic (exact) mass is 200 g/mol. The number of hydrogen-bond acceptors (Lipinski definition) is 5. The molecule has 0 aromatic carbocycles. The molecule has 1 aromatic heterocycles. The zero-order valence-electron chi connectivity index (χ0n) is 7.60. The highest BCUT2D eigenvalue weighted by Crippen LogP contribution is 2.03. The van der Waals surface area contributed by atoms with E-state index >= 15 is 0 Å². The van der Waals surface area contributed by atoms with Gasteiger partial charge in [-0.2, -0.15) is 8.75 Å². The van der Waals surface area contributed by atoms with E-state index in [9.17, 15) is 4.79 Å². The molecular weight excluding hydrogens is 188 g/mol. The number of aromatic nitrogens is 2. The van der Waals surface area contributed by atoms with E-state index in [1.54, 1.807) is 11.9 Å². The molecule has 1 rings (SSSR count). The van der Waals surface area contributed by atoms with Crippen molar-refractivity contribution in [3.63, 3.8) is 0 Å². The Morgan fingerprint density at radius 1 is 1.85 bits per heavy atom. The van der Waals surface area contributed by atoms with Gasteiger partial charge in [-0.15, -0.1) is 0 Å². The number of hydrogen-bond donors (Lipinski definition) is 1. The first kappa shape index (κ1) is 10.1. The maximum absolute atomic E-state index is 11.6. The summed E-state index contributed by atoms with van der Waals surface area (Å²) in [5, 5.41) is 0. The second kappa shape index (κ2) is 4.29. The summed E-state index contributed by atoms with van der Waals surface area (Å²) in [6, 6.07) is 0.0224. The van der Waals surface area contributed by atoms with Gasteiger partial charge >= 0.3 is 0 Å². The topological polar surface area (TPSA) is 72.1 Å². The molecule has 0 fully saturated rings. The van der Waals surface area contributed by atoms with Gasteiger partial charge in [0.15, 0.2) is 5.69 Å². The van der Waals surface area contributed by atoms with Crippen molar-refractivity contribution in [3.05, 3.63) is 11.9 Å². The highest BCUT2D eigenvalue weighted by atomic mass is 32.1. The van der Waals surface area contributed by atoms with Crippen LogP contribution in [0.2, 0.25) is 0 Å². The number of carbonyl (C=O) groups excluding carboxylic acids is 1. The molecule has 2 N–H and O–H groups in total. The Morgan fingerprint density at radius 3 is 3.00 bits per heavy atom. The van der Waals surface area contributed by atoms with Crippen LogP contribution < -0.4 is 5.73 Å². The second-order valence-corrected chi connectivity index (χ2v) is 3.35. The van der Waals surface area contributed by atoms with Crippen LogP contribution in [0, 0.1) is 0 Å². The number of nitrogens with zero attached hydrogens (tertiary/aromatic N) is 3. The first-order valence-electron chi connectivity index (χ1n) is 3.91. The van der Waals surface area contributed by atoms with Crippen LogP contribution in [0.25, 0.3) is 0 Å². The summed E-state index contributed by atoms with van der Waals surface area (Å²) in [7, 11) is 1.71. The number of rotatable bonds is 3. The Morgan fingerprint density at radius 2 is 2.54 bits per heavy atom. The summed E-state index contributed by atoms with van der Waals surface area (Å²) in [4.78, 5) is 13.1. The van der Waals surface area contributed by atoms with Crippen molar-refractivity contribution in [1.29, 1.82) is 0 Å². The molecule has 5 nitrogen and oxygen atoms in total. The van der Waals surface area contributed by atoms with E-state index in [1.165, 1.54) is 6.20 Å². The number of carbonyl (C=O) groups is 1. The van der Waals surface area contributed by atoms with Crippen molar-refractivity contribution in [2.24, 2.45) is 5.73 Å². The maximum atomic E-state index is 11.6. The summed E-state index contributed by atoms with van der Waals surface area (Å²) in [6.07, 6.45) is 1.47. The molecule has 6 heteroatoms. The summed E-state index contributed by atoms with van der Waals surface area (Å²) in [5.74, 6) is -0.133. The van der Waals surface area contributed by atoms with Crippen LogP contribution in [0.5, 0.6) is 0 Å². The van der Waals surface area contributed by atoms with E-state index in [0.717, 1.165) is 11.7 Å². The van der Waals surface area contributed by atoms with Crippen LogP contribution in [0.4, 0.5) is 0 Å². The molecule has 13 heavy (non-hydrogen) atoms. The van der Waals surface area contributed by atoms with E-state index in [1.807, 2.05) is 6.92 Å². The fourth-order valence-corrected chi connectivity index (χ4v) is 1.21. The minimum atomic E-state index is -0.133. The van der Waals surface area contributed by atoms with Crippen molar-refractivity contribution < 1.29 is 4.79 Å². The first-order chi connectivity index (χ1) is 6.16. The number of nitrogens with two attached hydrogens (primary N) is 1. The molecule has 0 saturated carbocycles. The zero-order chi connectivity index (χ0) is 9.84. The smallest absolute Gasteiger partial charge is 0.275 e. The van der Waals surface area contributed by atoms with Crippen LogP contribution in [0.3, 0.4) is 0 Å². The zero-order valence-corrected chi connectivity index (χ0v) is 8.41. The summed E-state index contributed by atoms with van der Waals surface area (Å²) < 4.78 is 7.62. The van der Waals surface area contributed by atoms with Gasteiger partial charge in [-0.3, -0.25) is 4.79 Å². The quantitative estimate of drug-likeness (QED) is 0.743. The lowest BCUT2D eigenvalue weighted by Crippen LogP contribution is -2.39. The second-order valence-electron chi connectivity index (χ2n) is 2.79. The predicted octanol–water partition coefficient (Wildman–Crippen LogP) is -0.0427. The molecule has 0 aliphatic rings. The molecule has 1 aromatic rings. The lowest BCUT2D eigenvalue weighted by atomic mass is 10.3. The highest BCUT2D eigenvalue weighted by molar-refractivity contribution is 6.99. The third-order valence-electron chi connectivity index (χ3n) is 1.90. The van der Waals surface area contributed by atoms with Crippen LogP contribution in [-0.4, -0.2) is 39.2 Å². The predicted molar refractivity (Wildman–Crippen MR) is 50.5 cm³/mol. The molecule has 0 spiro atoms. The molecule has 72 valence electrons.